The SMILES string of the molecule is C=CCN(CCCC(=O)O)CC(=O)O. The van der Waals surface area contributed by atoms with Gasteiger partial charge in [-0.1, -0.05) is 6.08 Å². The molecule has 5 nitrogen and oxygen atoms in total. The molecule has 0 bridgehead atoms. The van der Waals surface area contributed by atoms with E-state index in [4.69, 9.17) is 10.2 Å². The molecule has 0 aromatic carbocycles. The molecule has 0 amide bonds. The molecular formula is C9H15NO4. The Morgan fingerprint density at radius 3 is 2.36 bits per heavy atom. The van der Waals surface area contributed by atoms with Crippen LogP contribution in [0.4, 0.5) is 0 Å². The molecule has 0 saturated heterocycles. The van der Waals surface area contributed by atoms with Gasteiger partial charge in [0, 0.05) is 13.0 Å². The molecule has 2 N–H and O–H groups in total. The molecule has 0 unspecified atom stereocenters. The van der Waals surface area contributed by atoms with Crippen LogP contribution in [0.5, 0.6) is 0 Å². The van der Waals surface area contributed by atoms with Gasteiger partial charge in [0.15, 0.2) is 0 Å². The Morgan fingerprint density at radius 2 is 1.93 bits per heavy atom. The van der Waals surface area contributed by atoms with Gasteiger partial charge in [0.1, 0.15) is 0 Å². The maximum Gasteiger partial charge on any atom is 0.317 e. The molecule has 0 aromatic heterocycles. The van der Waals surface area contributed by atoms with Gasteiger partial charge in [0.25, 0.3) is 0 Å². The van der Waals surface area contributed by atoms with E-state index in [1.807, 2.05) is 0 Å². The van der Waals surface area contributed by atoms with Crippen LogP contribution in [0.25, 0.3) is 0 Å². The van der Waals surface area contributed by atoms with Crippen molar-refractivity contribution in [1.82, 2.24) is 4.90 Å². The van der Waals surface area contributed by atoms with Gasteiger partial charge in [0.05, 0.1) is 6.54 Å². The van der Waals surface area contributed by atoms with Crippen molar-refractivity contribution in [3.8, 4) is 0 Å². The molecule has 14 heavy (non-hydrogen) atoms. The minimum atomic E-state index is -0.915. The van der Waals surface area contributed by atoms with Crippen molar-refractivity contribution in [2.75, 3.05) is 19.6 Å². The first-order chi connectivity index (χ1) is 6.56. The fraction of sp³-hybridized carbons (Fsp3) is 0.556. The van der Waals surface area contributed by atoms with Gasteiger partial charge >= 0.3 is 11.9 Å². The minimum absolute atomic E-state index is 0.0628. The molecule has 0 heterocycles. The summed E-state index contributed by atoms with van der Waals surface area (Å²) in [7, 11) is 0. The van der Waals surface area contributed by atoms with Crippen molar-refractivity contribution in [3.05, 3.63) is 12.7 Å². The summed E-state index contributed by atoms with van der Waals surface area (Å²) in [5, 5.41) is 16.9. The number of hydrogen-bond acceptors (Lipinski definition) is 3. The highest BCUT2D eigenvalue weighted by Gasteiger charge is 2.08. The van der Waals surface area contributed by atoms with Crippen molar-refractivity contribution < 1.29 is 19.8 Å². The van der Waals surface area contributed by atoms with E-state index in [-0.39, 0.29) is 13.0 Å². The Balaban J connectivity index is 3.77. The second-order valence-corrected chi connectivity index (χ2v) is 2.91. The Morgan fingerprint density at radius 1 is 1.29 bits per heavy atom. The molecule has 0 aliphatic rings. The van der Waals surface area contributed by atoms with Crippen LogP contribution >= 0.6 is 0 Å². The lowest BCUT2D eigenvalue weighted by molar-refractivity contribution is -0.138. The van der Waals surface area contributed by atoms with Crippen LogP contribution in [0, 0.1) is 0 Å². The van der Waals surface area contributed by atoms with Crippen LogP contribution < -0.4 is 0 Å². The molecule has 5 heteroatoms. The highest BCUT2D eigenvalue weighted by atomic mass is 16.4. The zero-order valence-corrected chi connectivity index (χ0v) is 7.98. The maximum atomic E-state index is 10.4. The van der Waals surface area contributed by atoms with Crippen molar-refractivity contribution in [3.63, 3.8) is 0 Å². The fourth-order valence-electron chi connectivity index (χ4n) is 1.06. The molecular weight excluding hydrogens is 186 g/mol. The van der Waals surface area contributed by atoms with Gasteiger partial charge in [-0.25, -0.2) is 0 Å². The second-order valence-electron chi connectivity index (χ2n) is 2.91. The van der Waals surface area contributed by atoms with Gasteiger partial charge in [-0.3, -0.25) is 14.5 Å². The van der Waals surface area contributed by atoms with Crippen molar-refractivity contribution in [2.45, 2.75) is 12.8 Å². The molecule has 0 radical (unpaired) electrons. The van der Waals surface area contributed by atoms with Gasteiger partial charge in [-0.15, -0.1) is 6.58 Å². The van der Waals surface area contributed by atoms with Crippen molar-refractivity contribution in [1.29, 1.82) is 0 Å². The summed E-state index contributed by atoms with van der Waals surface area (Å²) in [6, 6.07) is 0. The van der Waals surface area contributed by atoms with E-state index in [1.54, 1.807) is 11.0 Å². The molecule has 0 atom stereocenters. The van der Waals surface area contributed by atoms with Crippen LogP contribution in [0.2, 0.25) is 0 Å². The lowest BCUT2D eigenvalue weighted by Crippen LogP contribution is -2.31. The lowest BCUT2D eigenvalue weighted by atomic mass is 10.3. The van der Waals surface area contributed by atoms with Crippen molar-refractivity contribution >= 4 is 11.9 Å². The van der Waals surface area contributed by atoms with Gasteiger partial charge in [0.2, 0.25) is 0 Å². The predicted octanol–water partition coefficient (Wildman–Crippen LogP) is 0.424. The normalized spacial score (nSPS) is 10.1. The zero-order chi connectivity index (χ0) is 11.0. The minimum Gasteiger partial charge on any atom is -0.481 e. The second kappa shape index (κ2) is 7.08. The number of nitrogens with zero attached hydrogens (tertiary/aromatic N) is 1. The van der Waals surface area contributed by atoms with E-state index < -0.39 is 11.9 Å². The zero-order valence-electron chi connectivity index (χ0n) is 7.98. The van der Waals surface area contributed by atoms with E-state index in [2.05, 4.69) is 6.58 Å². The number of aliphatic carboxylic acids is 2. The monoisotopic (exact) mass is 201 g/mol. The summed E-state index contributed by atoms with van der Waals surface area (Å²) >= 11 is 0. The predicted molar refractivity (Wildman–Crippen MR) is 51.1 cm³/mol. The average molecular weight is 201 g/mol. The van der Waals surface area contributed by atoms with E-state index in [9.17, 15) is 9.59 Å². The molecule has 0 aliphatic carbocycles. The summed E-state index contributed by atoms with van der Waals surface area (Å²) in [6.45, 7) is 4.35. The number of hydrogen-bond donors (Lipinski definition) is 2. The first kappa shape index (κ1) is 12.6. The Kier molecular flexibility index (Phi) is 6.39. The number of carboxylic acid groups (broad SMARTS) is 2. The third-order valence-corrected chi connectivity index (χ3v) is 1.61. The summed E-state index contributed by atoms with van der Waals surface area (Å²) < 4.78 is 0. The molecule has 0 aliphatic heterocycles. The topological polar surface area (TPSA) is 77.8 Å². The van der Waals surface area contributed by atoms with Gasteiger partial charge in [-0.2, -0.15) is 0 Å². The Bertz CT molecular complexity index is 215. The molecule has 0 rings (SSSR count). The smallest absolute Gasteiger partial charge is 0.317 e. The van der Waals surface area contributed by atoms with Crippen LogP contribution in [0.1, 0.15) is 12.8 Å². The summed E-state index contributed by atoms with van der Waals surface area (Å²) in [5.41, 5.74) is 0. The summed E-state index contributed by atoms with van der Waals surface area (Å²) in [6.07, 6.45) is 2.12. The molecule has 0 fully saturated rings. The average Bonchev–Trinajstić information content (AvgIpc) is 2.02. The first-order valence-electron chi connectivity index (χ1n) is 4.33. The molecule has 0 spiro atoms. The van der Waals surface area contributed by atoms with Crippen LogP contribution in [0.15, 0.2) is 12.7 Å². The Hall–Kier alpha value is -1.36. The quantitative estimate of drug-likeness (QED) is 0.556. The summed E-state index contributed by atoms with van der Waals surface area (Å²) in [5.74, 6) is -1.78. The lowest BCUT2D eigenvalue weighted by Gasteiger charge is -2.17. The maximum absolute atomic E-state index is 10.4. The number of rotatable bonds is 8. The fourth-order valence-corrected chi connectivity index (χ4v) is 1.06. The van der Waals surface area contributed by atoms with Crippen LogP contribution in [-0.2, 0) is 9.59 Å². The van der Waals surface area contributed by atoms with E-state index in [1.165, 1.54) is 0 Å². The molecule has 0 aromatic rings. The first-order valence-corrected chi connectivity index (χ1v) is 4.33. The largest absolute Gasteiger partial charge is 0.481 e. The van der Waals surface area contributed by atoms with E-state index >= 15 is 0 Å². The Labute approximate surface area is 82.6 Å². The van der Waals surface area contributed by atoms with Crippen LogP contribution in [-0.4, -0.2) is 46.7 Å². The molecule has 80 valence electrons. The summed E-state index contributed by atoms with van der Waals surface area (Å²) in [4.78, 5) is 22.2. The highest BCUT2D eigenvalue weighted by Crippen LogP contribution is 1.95. The number of carbonyl (C=O) groups is 2. The van der Waals surface area contributed by atoms with E-state index in [0.29, 0.717) is 19.5 Å². The van der Waals surface area contributed by atoms with E-state index in [0.717, 1.165) is 0 Å². The van der Waals surface area contributed by atoms with Gasteiger partial charge in [-0.05, 0) is 13.0 Å². The number of carboxylic acids is 2. The third kappa shape index (κ3) is 7.30. The third-order valence-electron chi connectivity index (χ3n) is 1.61. The van der Waals surface area contributed by atoms with Crippen LogP contribution in [0.3, 0.4) is 0 Å². The molecule has 0 saturated carbocycles. The van der Waals surface area contributed by atoms with Gasteiger partial charge < -0.3 is 10.2 Å². The van der Waals surface area contributed by atoms with Crippen molar-refractivity contribution in [2.24, 2.45) is 0 Å². The standard InChI is InChI=1S/C9H15NO4/c1-2-5-10(7-9(13)14)6-3-4-8(11)12/h2H,1,3-7H2,(H,11,12)(H,13,14). The highest BCUT2D eigenvalue weighted by molar-refractivity contribution is 5.69.